The summed E-state index contributed by atoms with van der Waals surface area (Å²) in [6.45, 7) is 3.51. The number of likely N-dealkylation sites (N-methyl/N-ethyl adjacent to an activating group) is 1. The topological polar surface area (TPSA) is 35.9 Å². The third-order valence-electron chi connectivity index (χ3n) is 3.14. The molecule has 5 heteroatoms. The lowest BCUT2D eigenvalue weighted by Gasteiger charge is -2.37. The molecule has 0 fully saturated rings. The van der Waals surface area contributed by atoms with Gasteiger partial charge in [-0.2, -0.15) is 0 Å². The number of aliphatic hydroxyl groups is 1. The Morgan fingerprint density at radius 1 is 1.28 bits per heavy atom. The van der Waals surface area contributed by atoms with E-state index in [2.05, 4.69) is 9.80 Å². The lowest BCUT2D eigenvalue weighted by Crippen LogP contribution is -2.40. The molecule has 1 aromatic rings. The van der Waals surface area contributed by atoms with E-state index in [1.54, 1.807) is 6.07 Å². The van der Waals surface area contributed by atoms with E-state index in [0.717, 1.165) is 31.0 Å². The zero-order chi connectivity index (χ0) is 13.0. The quantitative estimate of drug-likeness (QED) is 0.798. The summed E-state index contributed by atoms with van der Waals surface area (Å²) >= 11 is 0. The fraction of sp³-hybridized carbons (Fsp3) is 0.538. The Morgan fingerprint density at radius 2 is 2.11 bits per heavy atom. The third kappa shape index (κ3) is 2.91. The van der Waals surface area contributed by atoms with Crippen LogP contribution in [0, 0.1) is 5.82 Å². The molecular formula is C13H19FN2O2. The average molecular weight is 254 g/mol. The molecule has 4 nitrogen and oxygen atoms in total. The van der Waals surface area contributed by atoms with Gasteiger partial charge in [-0.3, -0.25) is 0 Å². The number of ether oxygens (including phenoxy) is 1. The fourth-order valence-electron chi connectivity index (χ4n) is 2.15. The van der Waals surface area contributed by atoms with Crippen molar-refractivity contribution in [3.63, 3.8) is 0 Å². The number of benzene rings is 1. The van der Waals surface area contributed by atoms with Crippen LogP contribution in [0.15, 0.2) is 18.2 Å². The minimum atomic E-state index is -0.209. The second-order valence-corrected chi connectivity index (χ2v) is 4.38. The summed E-state index contributed by atoms with van der Waals surface area (Å²) < 4.78 is 18.5. The van der Waals surface area contributed by atoms with Gasteiger partial charge in [-0.05, 0) is 18.2 Å². The second kappa shape index (κ2) is 6.02. The highest BCUT2D eigenvalue weighted by molar-refractivity contribution is 5.73. The molecule has 0 aromatic heterocycles. The molecule has 2 rings (SSSR count). The van der Waals surface area contributed by atoms with Crippen LogP contribution in [0.1, 0.15) is 0 Å². The van der Waals surface area contributed by atoms with Crippen molar-refractivity contribution >= 4 is 11.4 Å². The number of halogens is 1. The zero-order valence-corrected chi connectivity index (χ0v) is 10.6. The van der Waals surface area contributed by atoms with Crippen molar-refractivity contribution in [3.8, 4) is 0 Å². The first kappa shape index (κ1) is 13.1. The Labute approximate surface area is 107 Å². The van der Waals surface area contributed by atoms with Crippen molar-refractivity contribution in [1.82, 2.24) is 0 Å². The number of hydrogen-bond donors (Lipinski definition) is 1. The summed E-state index contributed by atoms with van der Waals surface area (Å²) in [6, 6.07) is 4.86. The van der Waals surface area contributed by atoms with Crippen LogP contribution in [-0.4, -0.2) is 51.6 Å². The van der Waals surface area contributed by atoms with Crippen molar-refractivity contribution in [3.05, 3.63) is 24.0 Å². The van der Waals surface area contributed by atoms with Gasteiger partial charge in [0.05, 0.1) is 31.2 Å². The van der Waals surface area contributed by atoms with Crippen LogP contribution >= 0.6 is 0 Å². The fourth-order valence-corrected chi connectivity index (χ4v) is 2.15. The number of anilines is 2. The van der Waals surface area contributed by atoms with Crippen molar-refractivity contribution in [2.45, 2.75) is 0 Å². The Kier molecular flexibility index (Phi) is 4.38. The van der Waals surface area contributed by atoms with Gasteiger partial charge in [0.25, 0.3) is 0 Å². The predicted molar refractivity (Wildman–Crippen MR) is 69.8 cm³/mol. The van der Waals surface area contributed by atoms with Gasteiger partial charge >= 0.3 is 0 Å². The van der Waals surface area contributed by atoms with Crippen LogP contribution < -0.4 is 9.80 Å². The van der Waals surface area contributed by atoms with Crippen LogP contribution in [-0.2, 0) is 4.74 Å². The largest absolute Gasteiger partial charge is 0.394 e. The normalized spacial score (nSPS) is 14.8. The van der Waals surface area contributed by atoms with E-state index in [9.17, 15) is 4.39 Å². The molecular weight excluding hydrogens is 235 g/mol. The van der Waals surface area contributed by atoms with E-state index >= 15 is 0 Å². The van der Waals surface area contributed by atoms with Crippen molar-refractivity contribution in [2.24, 2.45) is 0 Å². The maximum Gasteiger partial charge on any atom is 0.125 e. The Morgan fingerprint density at radius 3 is 2.89 bits per heavy atom. The van der Waals surface area contributed by atoms with Crippen molar-refractivity contribution < 1.29 is 14.2 Å². The van der Waals surface area contributed by atoms with Gasteiger partial charge < -0.3 is 19.6 Å². The first-order chi connectivity index (χ1) is 8.72. The van der Waals surface area contributed by atoms with Crippen LogP contribution in [0.5, 0.6) is 0 Å². The minimum Gasteiger partial charge on any atom is -0.394 e. The predicted octanol–water partition coefficient (Wildman–Crippen LogP) is 1.09. The molecule has 18 heavy (non-hydrogen) atoms. The van der Waals surface area contributed by atoms with Gasteiger partial charge in [-0.25, -0.2) is 4.39 Å². The summed E-state index contributed by atoms with van der Waals surface area (Å²) in [5, 5.41) is 8.64. The molecule has 0 atom stereocenters. The van der Waals surface area contributed by atoms with E-state index in [1.807, 2.05) is 13.1 Å². The molecule has 0 bridgehead atoms. The summed E-state index contributed by atoms with van der Waals surface area (Å²) in [5.74, 6) is -0.209. The summed E-state index contributed by atoms with van der Waals surface area (Å²) in [6.07, 6.45) is 0. The standard InChI is InChI=1S/C13H19FN2O2/c1-15-4-5-16(6-8-18-9-7-17)12-3-2-11(14)10-13(12)15/h2-3,10,17H,4-9H2,1H3. The Balaban J connectivity index is 2.04. The molecule has 0 amide bonds. The molecule has 0 radical (unpaired) electrons. The highest BCUT2D eigenvalue weighted by Gasteiger charge is 2.20. The number of fused-ring (bicyclic) bond motifs is 1. The van der Waals surface area contributed by atoms with Gasteiger partial charge in [-0.15, -0.1) is 0 Å². The lowest BCUT2D eigenvalue weighted by molar-refractivity contribution is 0.0966. The first-order valence-corrected chi connectivity index (χ1v) is 6.16. The SMILES string of the molecule is CN1CCN(CCOCCO)c2ccc(F)cc21. The van der Waals surface area contributed by atoms with Gasteiger partial charge in [-0.1, -0.05) is 0 Å². The molecule has 0 saturated carbocycles. The Bertz CT molecular complexity index is 401. The minimum absolute atomic E-state index is 0.0462. The highest BCUT2D eigenvalue weighted by Crippen LogP contribution is 2.32. The number of rotatable bonds is 5. The molecule has 0 spiro atoms. The van der Waals surface area contributed by atoms with Gasteiger partial charge in [0.2, 0.25) is 0 Å². The molecule has 1 aromatic carbocycles. The molecule has 0 unspecified atom stereocenters. The van der Waals surface area contributed by atoms with Crippen LogP contribution in [0.2, 0.25) is 0 Å². The van der Waals surface area contributed by atoms with E-state index in [1.165, 1.54) is 6.07 Å². The maximum atomic E-state index is 13.2. The monoisotopic (exact) mass is 254 g/mol. The van der Waals surface area contributed by atoms with Gasteiger partial charge in [0.15, 0.2) is 0 Å². The zero-order valence-electron chi connectivity index (χ0n) is 10.6. The Hall–Kier alpha value is -1.33. The maximum absolute atomic E-state index is 13.2. The number of hydrogen-bond acceptors (Lipinski definition) is 4. The van der Waals surface area contributed by atoms with E-state index in [-0.39, 0.29) is 12.4 Å². The van der Waals surface area contributed by atoms with E-state index in [0.29, 0.717) is 13.2 Å². The van der Waals surface area contributed by atoms with Crippen LogP contribution in [0.3, 0.4) is 0 Å². The van der Waals surface area contributed by atoms with Crippen molar-refractivity contribution in [2.75, 3.05) is 56.3 Å². The van der Waals surface area contributed by atoms with E-state index < -0.39 is 0 Å². The summed E-state index contributed by atoms with van der Waals surface area (Å²) in [4.78, 5) is 4.25. The van der Waals surface area contributed by atoms with Gasteiger partial charge in [0.1, 0.15) is 5.82 Å². The smallest absolute Gasteiger partial charge is 0.125 e. The molecule has 0 aliphatic carbocycles. The molecule has 100 valence electrons. The van der Waals surface area contributed by atoms with E-state index in [4.69, 9.17) is 9.84 Å². The third-order valence-corrected chi connectivity index (χ3v) is 3.14. The molecule has 1 aliphatic rings. The second-order valence-electron chi connectivity index (χ2n) is 4.38. The van der Waals surface area contributed by atoms with Crippen LogP contribution in [0.25, 0.3) is 0 Å². The average Bonchev–Trinajstić information content (AvgIpc) is 2.37. The number of nitrogens with zero attached hydrogens (tertiary/aromatic N) is 2. The summed E-state index contributed by atoms with van der Waals surface area (Å²) in [7, 11) is 1.97. The molecule has 1 N–H and O–H groups in total. The van der Waals surface area contributed by atoms with Gasteiger partial charge in [0, 0.05) is 26.7 Å². The molecule has 1 heterocycles. The summed E-state index contributed by atoms with van der Waals surface area (Å²) in [5.41, 5.74) is 1.96. The highest BCUT2D eigenvalue weighted by atomic mass is 19.1. The first-order valence-electron chi connectivity index (χ1n) is 6.16. The number of aliphatic hydroxyl groups excluding tert-OH is 1. The van der Waals surface area contributed by atoms with Crippen molar-refractivity contribution in [1.29, 1.82) is 0 Å². The lowest BCUT2D eigenvalue weighted by atomic mass is 10.1. The molecule has 1 aliphatic heterocycles. The van der Waals surface area contributed by atoms with Crippen LogP contribution in [0.4, 0.5) is 15.8 Å². The molecule has 0 saturated heterocycles.